The van der Waals surface area contributed by atoms with Crippen LogP contribution in [0.15, 0.2) is 58.8 Å². The minimum atomic E-state index is -1.11. The maximum Gasteiger partial charge on any atom is 0.358 e. The second kappa shape index (κ2) is 36.6. The summed E-state index contributed by atoms with van der Waals surface area (Å²) in [4.78, 5) is 128. The third-order valence-corrected chi connectivity index (χ3v) is 16.3. The van der Waals surface area contributed by atoms with Gasteiger partial charge < -0.3 is 80.9 Å². The topological polar surface area (TPSA) is 453 Å². The van der Waals surface area contributed by atoms with Gasteiger partial charge in [-0.25, -0.2) is 19.2 Å². The van der Waals surface area contributed by atoms with Crippen molar-refractivity contribution in [3.05, 3.63) is 80.5 Å². The highest BCUT2D eigenvalue weighted by atomic mass is 32.2. The van der Waals surface area contributed by atoms with Gasteiger partial charge >= 0.3 is 24.0 Å². The second-order valence-electron chi connectivity index (χ2n) is 19.6. The average molecular weight is 1260 g/mol. The number of carbonyl (C=O) groups is 10. The molecule has 9 N–H and O–H groups in total. The number of carbonyl (C=O) groups excluding carboxylic acids is 9. The van der Waals surface area contributed by atoms with Crippen molar-refractivity contribution in [3.8, 4) is 11.5 Å². The fourth-order valence-corrected chi connectivity index (χ4v) is 12.2. The van der Waals surface area contributed by atoms with Gasteiger partial charge in [0.1, 0.15) is 37.9 Å². The number of fused-ring (bicyclic) bond motifs is 2. The lowest BCUT2D eigenvalue weighted by molar-refractivity contribution is -0.200. The predicted molar refractivity (Wildman–Crippen MR) is 307 cm³/mol. The number of aliphatic carboxylic acids is 1. The molecule has 5 saturated heterocycles. The normalized spacial score (nSPS) is 20.2. The average Bonchev–Trinajstić information content (AvgIpc) is 2.06. The van der Waals surface area contributed by atoms with Crippen LogP contribution in [0.1, 0.15) is 84.9 Å². The van der Waals surface area contributed by atoms with Gasteiger partial charge in [-0.1, -0.05) is 35.2 Å². The molecule has 2 unspecified atom stereocenters. The molecular formula is C52H69N15O18S2. The molecule has 0 bridgehead atoms. The number of benzene rings is 2. The summed E-state index contributed by atoms with van der Waals surface area (Å²) >= 11 is 3.68. The van der Waals surface area contributed by atoms with E-state index in [4.69, 9.17) is 44.6 Å². The molecule has 0 aliphatic carbocycles. The van der Waals surface area contributed by atoms with E-state index in [1.165, 1.54) is 12.1 Å². The maximum absolute atomic E-state index is 12.6. The van der Waals surface area contributed by atoms with Crippen LogP contribution in [-0.4, -0.2) is 194 Å². The second-order valence-corrected chi connectivity index (χ2v) is 22.1. The number of ether oxygens (including phenoxy) is 6. The standard InChI is InChI=1S/C28H36N8O10S.C24H33N7O8S/c29-35-34-22(44-11-10-43-14-25(40)46-36-23(38)8-9-24(36)39)13-45-18-5-3-4-17(12-18)27(41)31-16-30-21(37)7-2-1-6-20-26-19(15-47-20)32-28(42)33-26;25-31-30-20(38-9-8-37-12-21(33)34)11-39-16-5-3-4-15(10-16)23(35)27-14-26-19(32)7-2-1-6-18-22-17(13-40-18)28-24(36)29-22/h3-5,12,19-20,22,26H,1-2,6-11,13-16H2,(H,30,37)(H,31,41)(H2,32,33,42);3-5,10,17-18,20,22H,1-2,6-9,11-14H2,(H,26,32)(H,27,35)(H,33,34)(H2,28,29,36)/t19-,20-,22?,26-;17-,18-,20?,22-/m11/s1. The van der Waals surface area contributed by atoms with Gasteiger partial charge in [-0.2, -0.15) is 23.5 Å². The summed E-state index contributed by atoms with van der Waals surface area (Å²) in [5.41, 5.74) is 18.1. The Kier molecular flexibility index (Phi) is 28.6. The Balaban J connectivity index is 0.000000282. The molecule has 472 valence electrons. The number of nitrogens with one attached hydrogen (secondary N) is 8. The van der Waals surface area contributed by atoms with Crippen LogP contribution in [0.5, 0.6) is 11.5 Å². The van der Waals surface area contributed by atoms with Gasteiger partial charge in [0.15, 0.2) is 12.5 Å². The third kappa shape index (κ3) is 23.8. The molecule has 10 amide bonds. The number of rotatable bonds is 37. The first-order valence-corrected chi connectivity index (χ1v) is 29.9. The largest absolute Gasteiger partial charge is 0.491 e. The van der Waals surface area contributed by atoms with Crippen LogP contribution in [0.4, 0.5) is 9.59 Å². The maximum atomic E-state index is 12.6. The molecule has 0 radical (unpaired) electrons. The number of carboxylic acids is 1. The number of carboxylic acid groups (broad SMARTS) is 1. The van der Waals surface area contributed by atoms with E-state index in [2.05, 4.69) is 67.4 Å². The molecule has 0 saturated carbocycles. The number of hydroxylamine groups is 2. The van der Waals surface area contributed by atoms with E-state index in [1.54, 1.807) is 36.4 Å². The Labute approximate surface area is 506 Å². The van der Waals surface area contributed by atoms with Crippen LogP contribution in [0, 0.1) is 0 Å². The molecule has 0 spiro atoms. The van der Waals surface area contributed by atoms with Crippen molar-refractivity contribution in [3.63, 3.8) is 0 Å². The van der Waals surface area contributed by atoms with Crippen molar-refractivity contribution in [2.75, 3.05) is 77.7 Å². The number of imide groups is 1. The van der Waals surface area contributed by atoms with Gasteiger partial charge in [0.25, 0.3) is 23.6 Å². The third-order valence-electron chi connectivity index (χ3n) is 13.3. The first-order valence-electron chi connectivity index (χ1n) is 27.8. The molecule has 7 rings (SSSR count). The quantitative estimate of drug-likeness (QED) is 0.00890. The summed E-state index contributed by atoms with van der Waals surface area (Å²) in [6, 6.07) is 13.0. The monoisotopic (exact) mass is 1260 g/mol. The van der Waals surface area contributed by atoms with Crippen molar-refractivity contribution in [2.45, 2.75) is 111 Å². The molecule has 87 heavy (non-hydrogen) atoms. The molecule has 2 aromatic rings. The van der Waals surface area contributed by atoms with E-state index in [1.807, 2.05) is 23.5 Å². The summed E-state index contributed by atoms with van der Waals surface area (Å²) in [6.45, 7) is -1.62. The summed E-state index contributed by atoms with van der Waals surface area (Å²) in [7, 11) is 0. The lowest BCUT2D eigenvalue weighted by atomic mass is 10.0. The molecule has 33 nitrogen and oxygen atoms in total. The summed E-state index contributed by atoms with van der Waals surface area (Å²) in [5.74, 6) is -2.01. The lowest BCUT2D eigenvalue weighted by Crippen LogP contribution is -2.37. The fourth-order valence-electron chi connectivity index (χ4n) is 9.10. The van der Waals surface area contributed by atoms with Crippen molar-refractivity contribution in [1.29, 1.82) is 0 Å². The van der Waals surface area contributed by atoms with Gasteiger partial charge in [0.05, 0.1) is 63.9 Å². The van der Waals surface area contributed by atoms with E-state index in [0.29, 0.717) is 58.3 Å². The molecule has 35 heteroatoms. The zero-order chi connectivity index (χ0) is 62.3. The summed E-state index contributed by atoms with van der Waals surface area (Å²) < 4.78 is 31.9. The number of azide groups is 2. The molecule has 0 aromatic heterocycles. The van der Waals surface area contributed by atoms with Crippen molar-refractivity contribution < 1.29 is 86.3 Å². The summed E-state index contributed by atoms with van der Waals surface area (Å²) in [5, 5.41) is 39.0. The SMILES string of the molecule is [N-]=[N+]=NC(COc1cccc(C(=O)NCNC(=O)CCCC[C@H]2SC[C@H]3NC(=O)N[C@H]32)c1)OCCOCC(=O)O.[N-]=[N+]=NC(COc1cccc(C(=O)NCNC(=O)CCCC[C@H]2SC[C@H]3NC(=O)N[C@H]32)c1)OCCOCC(=O)ON1C(=O)CCC1=O. The number of amides is 10. The number of hydrogen-bond acceptors (Lipinski definition) is 21. The lowest BCUT2D eigenvalue weighted by Gasteiger charge is -2.16. The van der Waals surface area contributed by atoms with E-state index in [0.717, 1.165) is 37.2 Å². The Morgan fingerprint density at radius 1 is 0.632 bits per heavy atom. The molecule has 5 heterocycles. The molecular weight excluding hydrogens is 1190 g/mol. The number of thioether (sulfide) groups is 2. The van der Waals surface area contributed by atoms with Crippen LogP contribution in [-0.2, 0) is 52.6 Å². The van der Waals surface area contributed by atoms with Crippen LogP contribution in [0.25, 0.3) is 20.9 Å². The minimum absolute atomic E-state index is 0.00479. The van der Waals surface area contributed by atoms with Crippen molar-refractivity contribution in [1.82, 2.24) is 47.6 Å². The Bertz CT molecular complexity index is 2820. The highest BCUT2D eigenvalue weighted by Gasteiger charge is 2.43. The first kappa shape index (κ1) is 67.8. The Morgan fingerprint density at radius 3 is 1.54 bits per heavy atom. The highest BCUT2D eigenvalue weighted by Crippen LogP contribution is 2.34. The molecule has 5 aliphatic rings. The van der Waals surface area contributed by atoms with Crippen LogP contribution < -0.4 is 52.0 Å². The highest BCUT2D eigenvalue weighted by molar-refractivity contribution is 8.00. The van der Waals surface area contributed by atoms with Crippen LogP contribution in [0.2, 0.25) is 0 Å². The molecule has 2 aromatic carbocycles. The van der Waals surface area contributed by atoms with E-state index in [-0.39, 0.29) is 119 Å². The van der Waals surface area contributed by atoms with E-state index in [9.17, 15) is 47.9 Å². The zero-order valence-corrected chi connectivity index (χ0v) is 48.8. The summed E-state index contributed by atoms with van der Waals surface area (Å²) in [6.07, 6.45) is 3.55. The predicted octanol–water partition coefficient (Wildman–Crippen LogP) is 2.22. The zero-order valence-electron chi connectivity index (χ0n) is 47.1. The van der Waals surface area contributed by atoms with Gasteiger partial charge in [-0.05, 0) is 73.1 Å². The van der Waals surface area contributed by atoms with E-state index >= 15 is 0 Å². The van der Waals surface area contributed by atoms with Crippen molar-refractivity contribution >= 4 is 83.0 Å². The van der Waals surface area contributed by atoms with Gasteiger partial charge in [-0.3, -0.25) is 28.8 Å². The number of urea groups is 2. The van der Waals surface area contributed by atoms with Gasteiger partial charge in [0.2, 0.25) is 11.8 Å². The van der Waals surface area contributed by atoms with Crippen LogP contribution >= 0.6 is 23.5 Å². The van der Waals surface area contributed by atoms with Gasteiger partial charge in [0, 0.05) is 68.6 Å². The molecule has 5 aliphatic heterocycles. The smallest absolute Gasteiger partial charge is 0.358 e. The molecule has 8 atom stereocenters. The van der Waals surface area contributed by atoms with E-state index < -0.39 is 61.2 Å². The van der Waals surface area contributed by atoms with Gasteiger partial charge in [-0.15, -0.1) is 5.06 Å². The molecule has 5 fully saturated rings. The minimum Gasteiger partial charge on any atom is -0.491 e. The van der Waals surface area contributed by atoms with Crippen LogP contribution in [0.3, 0.4) is 0 Å². The fraction of sp³-hybridized carbons (Fsp3) is 0.577. The Morgan fingerprint density at radius 2 is 1.09 bits per heavy atom. The Hall–Kier alpha value is -8.30. The van der Waals surface area contributed by atoms with Crippen molar-refractivity contribution in [2.24, 2.45) is 10.2 Å². The number of nitrogens with zero attached hydrogens (tertiary/aromatic N) is 7. The first-order chi connectivity index (χ1) is 42.1. The number of hydrogen-bond donors (Lipinski definition) is 9. The number of unbranched alkanes of at least 4 members (excludes halogenated alkanes) is 2.